The maximum atomic E-state index is 11.4. The minimum atomic E-state index is -0.932. The molecule has 0 bridgehead atoms. The number of carboxylic acids is 1. The normalized spacial score (nSPS) is 11.6. The molecular weight excluding hydrogens is 330 g/mol. The molecule has 4 rings (SSSR count). The van der Waals surface area contributed by atoms with Gasteiger partial charge in [0, 0.05) is 17.0 Å². The van der Waals surface area contributed by atoms with Crippen molar-refractivity contribution in [1.82, 2.24) is 14.4 Å². The molecule has 4 aromatic rings. The fourth-order valence-corrected chi connectivity index (χ4v) is 4.06. The summed E-state index contributed by atoms with van der Waals surface area (Å²) in [6.07, 6.45) is 0.601. The highest BCUT2D eigenvalue weighted by atomic mass is 32.1. The van der Waals surface area contributed by atoms with Gasteiger partial charge in [-0.15, -0.1) is 0 Å². The molecule has 0 atom stereocenters. The summed E-state index contributed by atoms with van der Waals surface area (Å²) in [5.41, 5.74) is 4.27. The van der Waals surface area contributed by atoms with E-state index in [1.807, 2.05) is 24.3 Å². The number of aryl methyl sites for hydroxylation is 2. The maximum Gasteiger partial charge on any atom is 0.417 e. The molecule has 8 heteroatoms. The molecule has 7 nitrogen and oxygen atoms in total. The SMILES string of the molecule is CCc1c(C(=O)O)sc2nc(-c3ccc4[nH]c(=O)oc4c3)c(C)n12. The van der Waals surface area contributed by atoms with E-state index in [1.54, 1.807) is 12.1 Å². The van der Waals surface area contributed by atoms with Crippen LogP contribution in [0.3, 0.4) is 0 Å². The van der Waals surface area contributed by atoms with Crippen LogP contribution in [0.4, 0.5) is 0 Å². The van der Waals surface area contributed by atoms with Gasteiger partial charge in [0.1, 0.15) is 4.88 Å². The number of H-pyrrole nitrogens is 1. The molecule has 0 aliphatic rings. The molecule has 0 aliphatic carbocycles. The lowest BCUT2D eigenvalue weighted by Crippen LogP contribution is -2.01. The molecule has 3 aromatic heterocycles. The lowest BCUT2D eigenvalue weighted by molar-refractivity contribution is 0.0700. The predicted molar refractivity (Wildman–Crippen MR) is 90.0 cm³/mol. The number of thiazole rings is 1. The minimum Gasteiger partial charge on any atom is -0.477 e. The van der Waals surface area contributed by atoms with Crippen LogP contribution in [0.15, 0.2) is 27.4 Å². The van der Waals surface area contributed by atoms with Gasteiger partial charge in [-0.25, -0.2) is 14.6 Å². The fraction of sp³-hybridized carbons (Fsp3) is 0.188. The average molecular weight is 343 g/mol. The molecule has 0 saturated heterocycles. The minimum absolute atomic E-state index is 0.321. The number of aromatic carboxylic acids is 1. The highest BCUT2D eigenvalue weighted by Gasteiger charge is 2.22. The van der Waals surface area contributed by atoms with Gasteiger partial charge in [-0.05, 0) is 25.5 Å². The van der Waals surface area contributed by atoms with Crippen molar-refractivity contribution in [2.24, 2.45) is 0 Å². The largest absolute Gasteiger partial charge is 0.477 e. The molecule has 0 radical (unpaired) electrons. The van der Waals surface area contributed by atoms with Crippen LogP contribution < -0.4 is 5.76 Å². The third-order valence-electron chi connectivity index (χ3n) is 4.03. The first-order valence-corrected chi connectivity index (χ1v) is 8.18. The Bertz CT molecular complexity index is 1160. The van der Waals surface area contributed by atoms with Gasteiger partial charge in [0.15, 0.2) is 10.5 Å². The van der Waals surface area contributed by atoms with Crippen LogP contribution in [-0.4, -0.2) is 25.4 Å². The number of carbonyl (C=O) groups is 1. The summed E-state index contributed by atoms with van der Waals surface area (Å²) < 4.78 is 6.99. The molecule has 0 amide bonds. The first-order valence-electron chi connectivity index (χ1n) is 7.37. The summed E-state index contributed by atoms with van der Waals surface area (Å²) in [5, 5.41) is 9.34. The Balaban J connectivity index is 1.95. The number of benzene rings is 1. The number of hydrogen-bond donors (Lipinski definition) is 2. The summed E-state index contributed by atoms with van der Waals surface area (Å²) in [6.45, 7) is 3.83. The quantitative estimate of drug-likeness (QED) is 0.595. The smallest absolute Gasteiger partial charge is 0.417 e. The van der Waals surface area contributed by atoms with Crippen molar-refractivity contribution in [3.05, 3.63) is 45.0 Å². The van der Waals surface area contributed by atoms with Crippen molar-refractivity contribution in [3.63, 3.8) is 0 Å². The highest BCUT2D eigenvalue weighted by molar-refractivity contribution is 7.19. The van der Waals surface area contributed by atoms with Crippen molar-refractivity contribution in [1.29, 1.82) is 0 Å². The number of oxazole rings is 1. The summed E-state index contributed by atoms with van der Waals surface area (Å²) >= 11 is 1.17. The second-order valence-electron chi connectivity index (χ2n) is 5.43. The molecule has 3 heterocycles. The number of fused-ring (bicyclic) bond motifs is 2. The van der Waals surface area contributed by atoms with Crippen molar-refractivity contribution in [2.75, 3.05) is 0 Å². The number of aromatic amines is 1. The monoisotopic (exact) mass is 343 g/mol. The predicted octanol–water partition coefficient (Wildman–Crippen LogP) is 3.07. The van der Waals surface area contributed by atoms with Gasteiger partial charge in [0.25, 0.3) is 0 Å². The second kappa shape index (κ2) is 5.07. The highest BCUT2D eigenvalue weighted by Crippen LogP contribution is 2.32. The van der Waals surface area contributed by atoms with Gasteiger partial charge in [0.2, 0.25) is 0 Å². The van der Waals surface area contributed by atoms with Crippen LogP contribution in [-0.2, 0) is 6.42 Å². The molecule has 1 aromatic carbocycles. The fourth-order valence-electron chi connectivity index (χ4n) is 2.97. The van der Waals surface area contributed by atoms with Crippen LogP contribution in [0.1, 0.15) is 28.0 Å². The number of nitrogens with zero attached hydrogens (tertiary/aromatic N) is 2. The topological polar surface area (TPSA) is 101 Å². The number of rotatable bonds is 3. The van der Waals surface area contributed by atoms with E-state index in [2.05, 4.69) is 9.97 Å². The molecule has 0 fully saturated rings. The molecule has 0 saturated carbocycles. The van der Waals surface area contributed by atoms with E-state index in [0.29, 0.717) is 27.4 Å². The molecule has 0 aliphatic heterocycles. The zero-order valence-electron chi connectivity index (χ0n) is 12.9. The maximum absolute atomic E-state index is 11.4. The standard InChI is InChI=1S/C16H13N3O4S/c1-3-10-13(14(20)21)24-15-18-12(7(2)19(10)15)8-4-5-9-11(6-8)23-16(22)17-9/h4-6H,3H2,1-2H3,(H,17,22)(H,20,21). The van der Waals surface area contributed by atoms with E-state index < -0.39 is 11.7 Å². The van der Waals surface area contributed by atoms with Crippen LogP contribution in [0, 0.1) is 6.92 Å². The van der Waals surface area contributed by atoms with Crippen LogP contribution in [0.5, 0.6) is 0 Å². The molecular formula is C16H13N3O4S. The molecule has 122 valence electrons. The zero-order chi connectivity index (χ0) is 17.0. The Morgan fingerprint density at radius 1 is 1.46 bits per heavy atom. The van der Waals surface area contributed by atoms with E-state index in [4.69, 9.17) is 4.42 Å². The third kappa shape index (κ3) is 2.00. The van der Waals surface area contributed by atoms with Gasteiger partial charge < -0.3 is 9.52 Å². The van der Waals surface area contributed by atoms with Crippen molar-refractivity contribution >= 4 is 33.4 Å². The Kier molecular flexibility index (Phi) is 3.10. The number of carboxylic acid groups (broad SMARTS) is 1. The third-order valence-corrected chi connectivity index (χ3v) is 5.10. The van der Waals surface area contributed by atoms with Gasteiger partial charge in [-0.2, -0.15) is 0 Å². The Morgan fingerprint density at radius 3 is 2.96 bits per heavy atom. The van der Waals surface area contributed by atoms with Crippen LogP contribution in [0.25, 0.3) is 27.3 Å². The number of nitrogens with one attached hydrogen (secondary N) is 1. The molecule has 24 heavy (non-hydrogen) atoms. The lowest BCUT2D eigenvalue weighted by atomic mass is 10.1. The Labute approximate surface area is 139 Å². The second-order valence-corrected chi connectivity index (χ2v) is 6.40. The van der Waals surface area contributed by atoms with E-state index in [1.165, 1.54) is 11.3 Å². The van der Waals surface area contributed by atoms with Crippen LogP contribution in [0.2, 0.25) is 0 Å². The van der Waals surface area contributed by atoms with Crippen molar-refractivity contribution in [2.45, 2.75) is 20.3 Å². The number of aromatic nitrogens is 3. The number of imidazole rings is 1. The van der Waals surface area contributed by atoms with Gasteiger partial charge >= 0.3 is 11.7 Å². The van der Waals surface area contributed by atoms with E-state index in [0.717, 1.165) is 22.6 Å². The zero-order valence-corrected chi connectivity index (χ0v) is 13.7. The first-order chi connectivity index (χ1) is 11.5. The van der Waals surface area contributed by atoms with Crippen LogP contribution >= 0.6 is 11.3 Å². The van der Waals surface area contributed by atoms with E-state index in [9.17, 15) is 14.7 Å². The van der Waals surface area contributed by atoms with Crippen molar-refractivity contribution < 1.29 is 14.3 Å². The summed E-state index contributed by atoms with van der Waals surface area (Å²) in [6, 6.07) is 5.39. The molecule has 0 unspecified atom stereocenters. The van der Waals surface area contributed by atoms with E-state index in [-0.39, 0.29) is 0 Å². The van der Waals surface area contributed by atoms with E-state index >= 15 is 0 Å². The van der Waals surface area contributed by atoms with Gasteiger partial charge in [0.05, 0.1) is 11.2 Å². The average Bonchev–Trinajstić information content (AvgIpc) is 3.18. The van der Waals surface area contributed by atoms with Gasteiger partial charge in [-0.1, -0.05) is 24.3 Å². The Morgan fingerprint density at radius 2 is 2.25 bits per heavy atom. The first kappa shape index (κ1) is 14.7. The lowest BCUT2D eigenvalue weighted by Gasteiger charge is -2.02. The summed E-state index contributed by atoms with van der Waals surface area (Å²) in [5.74, 6) is -1.43. The van der Waals surface area contributed by atoms with Crippen molar-refractivity contribution in [3.8, 4) is 11.3 Å². The Hall–Kier alpha value is -2.87. The van der Waals surface area contributed by atoms with Gasteiger partial charge in [-0.3, -0.25) is 9.38 Å². The molecule has 2 N–H and O–H groups in total. The molecule has 0 spiro atoms. The summed E-state index contributed by atoms with van der Waals surface area (Å²) in [7, 11) is 0. The number of hydrogen-bond acceptors (Lipinski definition) is 5. The summed E-state index contributed by atoms with van der Waals surface area (Å²) in [4.78, 5) is 30.8.